The van der Waals surface area contributed by atoms with Gasteiger partial charge in [0.2, 0.25) is 0 Å². The summed E-state index contributed by atoms with van der Waals surface area (Å²) >= 11 is 0. The predicted octanol–water partition coefficient (Wildman–Crippen LogP) is -2.91. The molecule has 6 heterocycles. The van der Waals surface area contributed by atoms with Gasteiger partial charge < -0.3 is 64.3 Å². The fourth-order valence-corrected chi connectivity index (χ4v) is 11.6. The van der Waals surface area contributed by atoms with Crippen LogP contribution in [0.5, 0.6) is 0 Å². The van der Waals surface area contributed by atoms with E-state index in [0.29, 0.717) is 0 Å². The molecule has 0 aromatic carbocycles. The van der Waals surface area contributed by atoms with Crippen LogP contribution in [0.25, 0.3) is 22.3 Å². The first-order valence-electron chi connectivity index (χ1n) is 15.0. The average molecular weight is 918 g/mol. The van der Waals surface area contributed by atoms with Gasteiger partial charge in [0.05, 0.1) is 38.5 Å². The van der Waals surface area contributed by atoms with Crippen molar-refractivity contribution in [3.63, 3.8) is 0 Å². The Morgan fingerprint density at radius 2 is 0.895 bits per heavy atom. The van der Waals surface area contributed by atoms with Crippen molar-refractivity contribution in [2.45, 2.75) is 49.1 Å². The van der Waals surface area contributed by atoms with Crippen LogP contribution in [0.1, 0.15) is 12.5 Å². The van der Waals surface area contributed by atoms with Gasteiger partial charge in [0, 0.05) is 0 Å². The number of ether oxygens (including phenoxy) is 2. The second-order valence-corrected chi connectivity index (χ2v) is 19.3. The number of phosphoric acid groups is 5. The van der Waals surface area contributed by atoms with E-state index >= 15 is 0 Å². The Bertz CT molecular complexity index is 2340. The largest absolute Gasteiger partial charge is 0.490 e. The number of aliphatic hydroxyl groups excluding tert-OH is 4. The Balaban J connectivity index is 1.00. The zero-order valence-corrected chi connectivity index (χ0v) is 31.9. The third-order valence-corrected chi connectivity index (χ3v) is 15.1. The van der Waals surface area contributed by atoms with Gasteiger partial charge in [0.1, 0.15) is 36.6 Å². The summed E-state index contributed by atoms with van der Waals surface area (Å²) in [7, 11) is -31.0. The van der Waals surface area contributed by atoms with Crippen LogP contribution in [-0.2, 0) is 58.6 Å². The van der Waals surface area contributed by atoms with Crippen molar-refractivity contribution in [1.29, 1.82) is 0 Å². The zero-order valence-electron chi connectivity index (χ0n) is 27.4. The summed E-state index contributed by atoms with van der Waals surface area (Å²) in [5.41, 5.74) is -1.92. The van der Waals surface area contributed by atoms with E-state index in [-0.39, 0.29) is 22.3 Å². The Hall–Kier alpha value is -2.83. The minimum Gasteiger partial charge on any atom is -0.387 e. The number of imidazole rings is 2. The number of rotatable bonds is 16. The number of hydrogen-bond acceptors (Lipinski definition) is 23. The fraction of sp³-hybridized carbons (Fsp3) is 0.500. The molecule has 11 N–H and O–H groups in total. The van der Waals surface area contributed by atoms with Crippen molar-refractivity contribution in [3.8, 4) is 0 Å². The van der Waals surface area contributed by atoms with Crippen molar-refractivity contribution in [1.82, 2.24) is 39.0 Å². The maximum Gasteiger partial charge on any atom is 0.490 e. The summed E-state index contributed by atoms with van der Waals surface area (Å²) in [6.45, 7) is -2.41. The van der Waals surface area contributed by atoms with Crippen molar-refractivity contribution in [2.24, 2.45) is 0 Å². The van der Waals surface area contributed by atoms with Crippen molar-refractivity contribution in [2.75, 3.05) is 13.2 Å². The highest BCUT2D eigenvalue weighted by atomic mass is 31.3. The summed E-state index contributed by atoms with van der Waals surface area (Å²) in [6.07, 6.45) is -9.81. The summed E-state index contributed by atoms with van der Waals surface area (Å²) in [6, 6.07) is 0. The normalized spacial score (nSPS) is 30.8. The van der Waals surface area contributed by atoms with E-state index in [9.17, 15) is 77.3 Å². The van der Waals surface area contributed by atoms with Crippen molar-refractivity contribution < 1.29 is 103 Å². The number of aromatic nitrogens is 8. The van der Waals surface area contributed by atoms with Crippen LogP contribution in [-0.4, -0.2) is 134 Å². The van der Waals surface area contributed by atoms with Crippen LogP contribution >= 0.6 is 39.1 Å². The molecule has 2 fully saturated rings. The molecule has 0 radical (unpaired) electrons. The van der Waals surface area contributed by atoms with Gasteiger partial charge in [-0.25, -0.2) is 42.8 Å². The maximum atomic E-state index is 12.4. The molecule has 0 saturated carbocycles. The number of H-pyrrole nitrogens is 2. The van der Waals surface area contributed by atoms with Gasteiger partial charge in [-0.15, -0.1) is 0 Å². The molecule has 0 aliphatic carbocycles. The Morgan fingerprint density at radius 1 is 0.561 bits per heavy atom. The highest BCUT2D eigenvalue weighted by Crippen LogP contribution is 2.73. The molecule has 0 amide bonds. The number of hydrogen-bond donors (Lipinski definition) is 11. The predicted molar refractivity (Wildman–Crippen MR) is 174 cm³/mol. The number of nitrogens with zero attached hydrogens (tertiary/aromatic N) is 6. The maximum absolute atomic E-state index is 12.4. The van der Waals surface area contributed by atoms with Crippen LogP contribution in [0.3, 0.4) is 0 Å². The molecule has 4 aromatic heterocycles. The molecule has 37 heteroatoms. The van der Waals surface area contributed by atoms with E-state index in [1.54, 1.807) is 0 Å². The molecule has 6 rings (SSSR count). The Morgan fingerprint density at radius 3 is 1.25 bits per heavy atom. The first-order valence-corrected chi connectivity index (χ1v) is 22.5. The van der Waals surface area contributed by atoms with E-state index in [2.05, 4.69) is 56.2 Å². The summed E-state index contributed by atoms with van der Waals surface area (Å²) in [4.78, 5) is 92.9. The van der Waals surface area contributed by atoms with Crippen molar-refractivity contribution in [3.05, 3.63) is 46.0 Å². The van der Waals surface area contributed by atoms with E-state index in [1.807, 2.05) is 0 Å². The zero-order chi connectivity index (χ0) is 41.9. The summed E-state index contributed by atoms with van der Waals surface area (Å²) in [5, 5.41) is 41.6. The van der Waals surface area contributed by atoms with Gasteiger partial charge in [0.25, 0.3) is 11.1 Å². The average Bonchev–Trinajstić information content (AvgIpc) is 3.83. The fourth-order valence-electron chi connectivity index (χ4n) is 5.24. The highest BCUT2D eigenvalue weighted by molar-refractivity contribution is 7.71. The molecule has 0 spiro atoms. The minimum absolute atomic E-state index is 0.110. The lowest BCUT2D eigenvalue weighted by Crippen LogP contribution is -2.33. The van der Waals surface area contributed by atoms with E-state index in [1.165, 1.54) is 0 Å². The first kappa shape index (κ1) is 43.7. The summed E-state index contributed by atoms with van der Waals surface area (Å²) < 4.78 is 98.3. The first-order chi connectivity index (χ1) is 26.4. The van der Waals surface area contributed by atoms with E-state index in [0.717, 1.165) is 34.4 Å². The number of fused-ring (bicyclic) bond motifs is 2. The molecular weight excluding hydrogens is 891 g/mol. The molecule has 0 bridgehead atoms. The lowest BCUT2D eigenvalue weighted by Gasteiger charge is -2.21. The van der Waals surface area contributed by atoms with Crippen LogP contribution in [0, 0.1) is 0 Å². The van der Waals surface area contributed by atoms with Gasteiger partial charge in [-0.3, -0.25) is 27.8 Å². The number of nitrogens with one attached hydrogen (secondary N) is 2. The van der Waals surface area contributed by atoms with Crippen LogP contribution in [0.4, 0.5) is 0 Å². The quantitative estimate of drug-likeness (QED) is 0.0502. The molecule has 316 valence electrons. The highest BCUT2D eigenvalue weighted by Gasteiger charge is 2.51. The van der Waals surface area contributed by atoms with Crippen LogP contribution < -0.4 is 11.1 Å². The molecule has 57 heavy (non-hydrogen) atoms. The molecule has 32 nitrogen and oxygen atoms in total. The molecule has 4 unspecified atom stereocenters. The SMILES string of the molecule is O=c1[nH]cnc2c1ncn2[C@@H]1O[C@H](COP(=O)(O)OP(=O)(O)OP(=O)(O)OP(=O)(O)OP(=O)(O)OC[C@H]2O[C@@H](n3cnc4c(=O)[nH]cnc43)[C@H](O)[C@@H]2O)[C@@H](O)[C@H]1O. The van der Waals surface area contributed by atoms with Crippen LogP contribution in [0.2, 0.25) is 0 Å². The van der Waals surface area contributed by atoms with Gasteiger partial charge in [-0.05, 0) is 0 Å². The molecule has 12 atom stereocenters. The molecule has 2 saturated heterocycles. The van der Waals surface area contributed by atoms with Gasteiger partial charge in [-0.1, -0.05) is 0 Å². The number of aliphatic hydroxyl groups is 4. The second-order valence-electron chi connectivity index (χ2n) is 11.5. The molecule has 4 aromatic rings. The molecular formula is C20H27N8O24P5. The number of aromatic amines is 2. The lowest BCUT2D eigenvalue weighted by molar-refractivity contribution is -0.0503. The van der Waals surface area contributed by atoms with E-state index in [4.69, 9.17) is 9.47 Å². The standard InChI is InChI=1S/C20H27N8O24P5/c29-11-7(47-19(13(11)31)27-5-25-9-15(27)21-3-23-17(9)33)1-45-53(35,36)49-55(39,40)51-57(43,44)52-56(41,42)50-54(37,38)46-2-8-12(30)14(32)20(48-8)28-6-26-10-16(28)22-4-24-18(10)34/h3-8,11-14,19-20,29-32H,1-2H2,(H,35,36)(H,37,38)(H,39,40)(H,41,42)(H,43,44)(H,21,23,33)(H,22,24,34)/t7-,8-,11-,12-,13-,14-,19-,20-/m1/s1. The van der Waals surface area contributed by atoms with Crippen molar-refractivity contribution >= 4 is 61.4 Å². The summed E-state index contributed by atoms with van der Waals surface area (Å²) in [5.74, 6) is 0. The van der Waals surface area contributed by atoms with Gasteiger partial charge in [0.15, 0.2) is 34.8 Å². The van der Waals surface area contributed by atoms with Crippen LogP contribution in [0.15, 0.2) is 34.9 Å². The molecule has 2 aliphatic rings. The molecule has 2 aliphatic heterocycles. The Labute approximate surface area is 312 Å². The van der Waals surface area contributed by atoms with Gasteiger partial charge >= 0.3 is 39.1 Å². The topological polar surface area (TPSA) is 468 Å². The third-order valence-electron chi connectivity index (χ3n) is 7.58. The lowest BCUT2D eigenvalue weighted by atomic mass is 10.1. The minimum atomic E-state index is -6.47. The van der Waals surface area contributed by atoms with E-state index < -0.39 is 113 Å². The number of phosphoric ester groups is 2. The monoisotopic (exact) mass is 918 g/mol. The third kappa shape index (κ3) is 9.80. The smallest absolute Gasteiger partial charge is 0.387 e. The Kier molecular flexibility index (Phi) is 12.3. The van der Waals surface area contributed by atoms with Gasteiger partial charge in [-0.2, -0.15) is 17.2 Å². The second kappa shape index (κ2) is 16.0.